The van der Waals surface area contributed by atoms with Crippen LogP contribution in [0.4, 0.5) is 5.69 Å². The van der Waals surface area contributed by atoms with Gasteiger partial charge in [0.25, 0.3) is 0 Å². The van der Waals surface area contributed by atoms with Gasteiger partial charge in [0.2, 0.25) is 0 Å². The lowest BCUT2D eigenvalue weighted by Crippen LogP contribution is -2.30. The van der Waals surface area contributed by atoms with Gasteiger partial charge in [0.1, 0.15) is 0 Å². The van der Waals surface area contributed by atoms with E-state index in [2.05, 4.69) is 0 Å². The lowest BCUT2D eigenvalue weighted by Gasteiger charge is -2.15. The number of hydrogen-bond acceptors (Lipinski definition) is 3. The Bertz CT molecular complexity index is 659. The van der Waals surface area contributed by atoms with E-state index >= 15 is 0 Å². The molecule has 0 heterocycles. The van der Waals surface area contributed by atoms with Crippen molar-refractivity contribution in [3.63, 3.8) is 0 Å². The molecule has 84 valence electrons. The number of fused-ring (bicyclic) bond motifs is 2. The molecular formula is C14H12N2O. The van der Waals surface area contributed by atoms with E-state index in [0.717, 1.165) is 22.0 Å². The van der Waals surface area contributed by atoms with E-state index in [0.29, 0.717) is 5.56 Å². The molecule has 0 aromatic heterocycles. The van der Waals surface area contributed by atoms with E-state index < -0.39 is 6.04 Å². The summed E-state index contributed by atoms with van der Waals surface area (Å²) in [5, 5.41) is 2.05. The zero-order chi connectivity index (χ0) is 12.0. The number of anilines is 1. The highest BCUT2D eigenvalue weighted by Crippen LogP contribution is 2.26. The Hall–Kier alpha value is -2.13. The molecule has 0 bridgehead atoms. The molecule has 0 aliphatic heterocycles. The predicted molar refractivity (Wildman–Crippen MR) is 69.7 cm³/mol. The number of nitrogens with two attached hydrogens (primary N) is 2. The van der Waals surface area contributed by atoms with Crippen molar-refractivity contribution >= 4 is 28.3 Å². The molecule has 3 nitrogen and oxygen atoms in total. The smallest absolute Gasteiger partial charge is 0.184 e. The number of hydrogen-bond donors (Lipinski definition) is 2. The molecule has 0 amide bonds. The summed E-state index contributed by atoms with van der Waals surface area (Å²) >= 11 is 0. The van der Waals surface area contributed by atoms with Gasteiger partial charge < -0.3 is 11.5 Å². The minimum Gasteiger partial charge on any atom is -0.399 e. The zero-order valence-electron chi connectivity index (χ0n) is 9.18. The van der Waals surface area contributed by atoms with Crippen LogP contribution in [0.3, 0.4) is 0 Å². The molecule has 1 unspecified atom stereocenters. The van der Waals surface area contributed by atoms with Gasteiger partial charge in [-0.2, -0.15) is 0 Å². The van der Waals surface area contributed by atoms with Gasteiger partial charge in [0.15, 0.2) is 5.78 Å². The molecular weight excluding hydrogens is 212 g/mol. The van der Waals surface area contributed by atoms with Crippen molar-refractivity contribution in [1.29, 1.82) is 0 Å². The summed E-state index contributed by atoms with van der Waals surface area (Å²) in [5.74, 6) is -0.0266. The lowest BCUT2D eigenvalue weighted by atomic mass is 9.90. The first-order valence-electron chi connectivity index (χ1n) is 5.46. The molecule has 0 saturated carbocycles. The van der Waals surface area contributed by atoms with Gasteiger partial charge in [0.05, 0.1) is 6.04 Å². The Morgan fingerprint density at radius 3 is 2.71 bits per heavy atom. The highest BCUT2D eigenvalue weighted by atomic mass is 16.1. The second-order valence-electron chi connectivity index (χ2n) is 4.30. The number of rotatable bonds is 0. The largest absolute Gasteiger partial charge is 0.399 e. The molecule has 1 aliphatic rings. The Morgan fingerprint density at radius 2 is 1.88 bits per heavy atom. The first-order chi connectivity index (χ1) is 8.15. The fourth-order valence-corrected chi connectivity index (χ4v) is 2.16. The highest BCUT2D eigenvalue weighted by molar-refractivity contribution is 6.09. The number of Topliss-reactive ketones (excluding diaryl/α,β-unsaturated/α-hetero) is 1. The van der Waals surface area contributed by atoms with Crippen LogP contribution in [-0.2, 0) is 0 Å². The van der Waals surface area contributed by atoms with E-state index in [-0.39, 0.29) is 5.78 Å². The van der Waals surface area contributed by atoms with E-state index in [4.69, 9.17) is 11.5 Å². The number of carbonyl (C=O) groups excluding carboxylic acids is 1. The highest BCUT2D eigenvalue weighted by Gasteiger charge is 2.20. The quantitative estimate of drug-likeness (QED) is 0.672. The van der Waals surface area contributed by atoms with Crippen molar-refractivity contribution < 1.29 is 4.79 Å². The fraction of sp³-hybridized carbons (Fsp3) is 0.0714. The molecule has 3 rings (SSSR count). The molecule has 0 radical (unpaired) electrons. The number of carbonyl (C=O) groups is 1. The summed E-state index contributed by atoms with van der Waals surface area (Å²) < 4.78 is 0. The maximum absolute atomic E-state index is 11.9. The minimum absolute atomic E-state index is 0.0266. The number of benzene rings is 2. The van der Waals surface area contributed by atoms with Crippen molar-refractivity contribution in [3.05, 3.63) is 47.5 Å². The van der Waals surface area contributed by atoms with Crippen molar-refractivity contribution in [2.24, 2.45) is 5.73 Å². The normalized spacial score (nSPS) is 18.4. The van der Waals surface area contributed by atoms with Crippen LogP contribution in [-0.4, -0.2) is 11.8 Å². The molecule has 0 spiro atoms. The predicted octanol–water partition coefficient (Wildman–Crippen LogP) is 1.96. The average Bonchev–Trinajstić information content (AvgIpc) is 2.32. The van der Waals surface area contributed by atoms with Gasteiger partial charge in [-0.05, 0) is 40.6 Å². The third-order valence-corrected chi connectivity index (χ3v) is 3.08. The van der Waals surface area contributed by atoms with E-state index in [1.807, 2.05) is 36.4 Å². The molecule has 3 heteroatoms. The summed E-state index contributed by atoms with van der Waals surface area (Å²) in [7, 11) is 0. The van der Waals surface area contributed by atoms with E-state index in [1.165, 1.54) is 0 Å². The maximum atomic E-state index is 11.9. The van der Waals surface area contributed by atoms with E-state index in [9.17, 15) is 4.79 Å². The van der Waals surface area contributed by atoms with Crippen LogP contribution >= 0.6 is 0 Å². The SMILES string of the molecule is Nc1ccc2cc3c(cc2c1)C=CC(N)C3=O. The van der Waals surface area contributed by atoms with Crippen LogP contribution in [0.1, 0.15) is 15.9 Å². The molecule has 2 aromatic carbocycles. The molecule has 4 N–H and O–H groups in total. The number of nitrogen functional groups attached to an aromatic ring is 1. The fourth-order valence-electron chi connectivity index (χ4n) is 2.16. The second kappa shape index (κ2) is 3.43. The van der Waals surface area contributed by atoms with Crippen molar-refractivity contribution in [2.45, 2.75) is 6.04 Å². The van der Waals surface area contributed by atoms with Crippen molar-refractivity contribution in [3.8, 4) is 0 Å². The van der Waals surface area contributed by atoms with Gasteiger partial charge in [0, 0.05) is 11.3 Å². The molecule has 0 fully saturated rings. The Labute approximate surface area is 98.7 Å². The first-order valence-corrected chi connectivity index (χ1v) is 5.46. The van der Waals surface area contributed by atoms with Gasteiger partial charge in [-0.3, -0.25) is 4.79 Å². The molecule has 1 atom stereocenters. The van der Waals surface area contributed by atoms with Gasteiger partial charge >= 0.3 is 0 Å². The molecule has 0 saturated heterocycles. The molecule has 1 aliphatic carbocycles. The van der Waals surface area contributed by atoms with Crippen LogP contribution in [0.15, 0.2) is 36.4 Å². The van der Waals surface area contributed by atoms with Crippen LogP contribution in [0.2, 0.25) is 0 Å². The van der Waals surface area contributed by atoms with E-state index in [1.54, 1.807) is 6.08 Å². The summed E-state index contributed by atoms with van der Waals surface area (Å²) in [6.45, 7) is 0. The Morgan fingerprint density at radius 1 is 1.06 bits per heavy atom. The molecule has 17 heavy (non-hydrogen) atoms. The van der Waals surface area contributed by atoms with Crippen LogP contribution in [0.5, 0.6) is 0 Å². The van der Waals surface area contributed by atoms with Gasteiger partial charge in [-0.25, -0.2) is 0 Å². The number of ketones is 1. The average molecular weight is 224 g/mol. The summed E-state index contributed by atoms with van der Waals surface area (Å²) in [4.78, 5) is 11.9. The van der Waals surface area contributed by atoms with Crippen molar-refractivity contribution in [1.82, 2.24) is 0 Å². The zero-order valence-corrected chi connectivity index (χ0v) is 9.18. The molecule has 2 aromatic rings. The van der Waals surface area contributed by atoms with Crippen LogP contribution in [0, 0.1) is 0 Å². The summed E-state index contributed by atoms with van der Waals surface area (Å²) in [6.07, 6.45) is 3.62. The van der Waals surface area contributed by atoms with Crippen LogP contribution < -0.4 is 11.5 Å². The summed E-state index contributed by atoms with van der Waals surface area (Å²) in [6, 6.07) is 8.99. The third kappa shape index (κ3) is 1.52. The maximum Gasteiger partial charge on any atom is 0.184 e. The summed E-state index contributed by atoms with van der Waals surface area (Å²) in [5.41, 5.74) is 13.8. The third-order valence-electron chi connectivity index (χ3n) is 3.08. The van der Waals surface area contributed by atoms with Crippen LogP contribution in [0.25, 0.3) is 16.8 Å². The van der Waals surface area contributed by atoms with Crippen molar-refractivity contribution in [2.75, 3.05) is 5.73 Å². The Kier molecular flexibility index (Phi) is 2.03. The lowest BCUT2D eigenvalue weighted by molar-refractivity contribution is 0.0976. The topological polar surface area (TPSA) is 69.1 Å². The monoisotopic (exact) mass is 224 g/mol. The first kappa shape index (κ1) is 10.1. The second-order valence-corrected chi connectivity index (χ2v) is 4.30. The Balaban J connectivity index is 2.31. The van der Waals surface area contributed by atoms with Gasteiger partial charge in [-0.1, -0.05) is 18.2 Å². The standard InChI is InChI=1S/C14H12N2O/c15-11-3-1-8-7-12-9(5-10(8)6-11)2-4-13(16)14(12)17/h1-7,13H,15-16H2. The minimum atomic E-state index is -0.520. The van der Waals surface area contributed by atoms with Gasteiger partial charge in [-0.15, -0.1) is 0 Å².